The lowest BCUT2D eigenvalue weighted by atomic mass is 10.0. The highest BCUT2D eigenvalue weighted by Crippen LogP contribution is 2.26. The third-order valence-electron chi connectivity index (χ3n) is 4.29. The minimum absolute atomic E-state index is 0.0635. The third-order valence-corrected chi connectivity index (χ3v) is 4.29. The van der Waals surface area contributed by atoms with Gasteiger partial charge < -0.3 is 10.1 Å². The highest BCUT2D eigenvalue weighted by molar-refractivity contribution is 5.95. The second kappa shape index (κ2) is 7.76. The first-order chi connectivity index (χ1) is 12.0. The Kier molecular flexibility index (Phi) is 5.46. The number of nitrogens with zero attached hydrogens (tertiary/aromatic N) is 1. The topological polar surface area (TPSA) is 41.6 Å². The predicted molar refractivity (Wildman–Crippen MR) is 95.8 cm³/mol. The average molecular weight is 342 g/mol. The van der Waals surface area contributed by atoms with Gasteiger partial charge in [-0.2, -0.15) is 0 Å². The summed E-state index contributed by atoms with van der Waals surface area (Å²) >= 11 is 0. The molecule has 0 bridgehead atoms. The molecule has 25 heavy (non-hydrogen) atoms. The molecule has 1 fully saturated rings. The zero-order valence-electron chi connectivity index (χ0n) is 14.5. The van der Waals surface area contributed by atoms with Gasteiger partial charge in [0, 0.05) is 18.8 Å². The summed E-state index contributed by atoms with van der Waals surface area (Å²) < 4.78 is 18.9. The van der Waals surface area contributed by atoms with Crippen molar-refractivity contribution in [3.05, 3.63) is 66.0 Å². The molecule has 4 nitrogen and oxygen atoms in total. The van der Waals surface area contributed by atoms with Gasteiger partial charge in [-0.1, -0.05) is 30.3 Å². The first kappa shape index (κ1) is 17.6. The molecule has 1 N–H and O–H groups in total. The highest BCUT2D eigenvalue weighted by atomic mass is 19.1. The highest BCUT2D eigenvalue weighted by Gasteiger charge is 2.33. The minimum Gasteiger partial charge on any atom is -0.373 e. The van der Waals surface area contributed by atoms with Crippen LogP contribution in [-0.2, 0) is 9.53 Å². The van der Waals surface area contributed by atoms with Crippen LogP contribution in [0, 0.1) is 5.82 Å². The molecule has 0 spiro atoms. The van der Waals surface area contributed by atoms with Gasteiger partial charge in [0.05, 0.1) is 12.2 Å². The molecule has 3 rings (SSSR count). The maximum atomic E-state index is 13.1. The smallest absolute Gasteiger partial charge is 0.246 e. The van der Waals surface area contributed by atoms with Gasteiger partial charge in [-0.15, -0.1) is 0 Å². The fourth-order valence-electron chi connectivity index (χ4n) is 3.34. The molecular weight excluding hydrogens is 319 g/mol. The molecule has 0 aromatic heterocycles. The quantitative estimate of drug-likeness (QED) is 0.923. The number of carbonyl (C=O) groups excluding carboxylic acids is 1. The van der Waals surface area contributed by atoms with Gasteiger partial charge in [0.1, 0.15) is 11.9 Å². The lowest BCUT2D eigenvalue weighted by Crippen LogP contribution is -2.49. The number of ether oxygens (including phenoxy) is 1. The summed E-state index contributed by atoms with van der Waals surface area (Å²) in [7, 11) is 0. The van der Waals surface area contributed by atoms with E-state index in [1.54, 1.807) is 12.1 Å². The Morgan fingerprint density at radius 3 is 2.28 bits per heavy atom. The molecule has 2 aromatic carbocycles. The number of carbonyl (C=O) groups is 1. The van der Waals surface area contributed by atoms with E-state index in [9.17, 15) is 9.18 Å². The van der Waals surface area contributed by atoms with Crippen LogP contribution in [-0.4, -0.2) is 36.1 Å². The van der Waals surface area contributed by atoms with Crippen molar-refractivity contribution in [1.29, 1.82) is 0 Å². The van der Waals surface area contributed by atoms with E-state index in [4.69, 9.17) is 4.74 Å². The van der Waals surface area contributed by atoms with Crippen LogP contribution in [0.15, 0.2) is 54.6 Å². The first-order valence-corrected chi connectivity index (χ1v) is 8.54. The molecule has 1 saturated heterocycles. The molecular formula is C20H23FN2O2. The van der Waals surface area contributed by atoms with Gasteiger partial charge in [-0.25, -0.2) is 4.39 Å². The van der Waals surface area contributed by atoms with Crippen LogP contribution in [0.1, 0.15) is 25.5 Å². The Bertz CT molecular complexity index is 695. The van der Waals surface area contributed by atoms with Crippen molar-refractivity contribution in [3.8, 4) is 0 Å². The minimum atomic E-state index is -0.417. The Morgan fingerprint density at radius 1 is 1.08 bits per heavy atom. The second-order valence-electron chi connectivity index (χ2n) is 6.52. The van der Waals surface area contributed by atoms with Crippen molar-refractivity contribution >= 4 is 11.6 Å². The number of hydrogen-bond acceptors (Lipinski definition) is 3. The number of morpholine rings is 1. The van der Waals surface area contributed by atoms with E-state index < -0.39 is 6.04 Å². The lowest BCUT2D eigenvalue weighted by molar-refractivity contribution is -0.128. The number of anilines is 1. The number of amides is 1. The van der Waals surface area contributed by atoms with E-state index in [0.29, 0.717) is 18.8 Å². The first-order valence-electron chi connectivity index (χ1n) is 8.54. The molecule has 132 valence electrons. The Labute approximate surface area is 147 Å². The number of benzene rings is 2. The fraction of sp³-hybridized carbons (Fsp3) is 0.350. The monoisotopic (exact) mass is 342 g/mol. The lowest BCUT2D eigenvalue weighted by Gasteiger charge is -2.39. The van der Waals surface area contributed by atoms with E-state index in [1.165, 1.54) is 12.1 Å². The Hall–Kier alpha value is -2.24. The van der Waals surface area contributed by atoms with Gasteiger partial charge in [0.15, 0.2) is 0 Å². The van der Waals surface area contributed by atoms with Crippen molar-refractivity contribution in [2.75, 3.05) is 18.4 Å². The van der Waals surface area contributed by atoms with Crippen molar-refractivity contribution in [3.63, 3.8) is 0 Å². The number of nitrogens with one attached hydrogen (secondary N) is 1. The summed E-state index contributed by atoms with van der Waals surface area (Å²) in [6.45, 7) is 5.40. The van der Waals surface area contributed by atoms with E-state index in [1.807, 2.05) is 44.2 Å². The summed E-state index contributed by atoms with van der Waals surface area (Å²) in [6, 6.07) is 15.1. The molecule has 1 aliphatic heterocycles. The van der Waals surface area contributed by atoms with Crippen LogP contribution in [0.3, 0.4) is 0 Å². The van der Waals surface area contributed by atoms with Gasteiger partial charge in [-0.05, 0) is 43.7 Å². The summed E-state index contributed by atoms with van der Waals surface area (Å²) in [6.07, 6.45) is 0.127. The Balaban J connectivity index is 1.85. The predicted octanol–water partition coefficient (Wildman–Crippen LogP) is 3.61. The van der Waals surface area contributed by atoms with Crippen molar-refractivity contribution in [1.82, 2.24) is 4.90 Å². The van der Waals surface area contributed by atoms with Gasteiger partial charge in [-0.3, -0.25) is 9.69 Å². The molecule has 5 heteroatoms. The van der Waals surface area contributed by atoms with E-state index in [0.717, 1.165) is 5.56 Å². The molecule has 3 atom stereocenters. The number of hydrogen-bond donors (Lipinski definition) is 1. The maximum Gasteiger partial charge on any atom is 0.246 e. The van der Waals surface area contributed by atoms with Crippen LogP contribution >= 0.6 is 0 Å². The molecule has 0 aliphatic carbocycles. The Morgan fingerprint density at radius 2 is 1.68 bits per heavy atom. The van der Waals surface area contributed by atoms with Crippen molar-refractivity contribution in [2.24, 2.45) is 0 Å². The maximum absolute atomic E-state index is 13.1. The van der Waals surface area contributed by atoms with Crippen LogP contribution < -0.4 is 5.32 Å². The molecule has 0 radical (unpaired) electrons. The van der Waals surface area contributed by atoms with E-state index in [-0.39, 0.29) is 23.9 Å². The summed E-state index contributed by atoms with van der Waals surface area (Å²) in [5.41, 5.74) is 1.52. The molecule has 0 saturated carbocycles. The van der Waals surface area contributed by atoms with E-state index in [2.05, 4.69) is 10.2 Å². The van der Waals surface area contributed by atoms with Crippen LogP contribution in [0.2, 0.25) is 0 Å². The molecule has 1 aliphatic rings. The standard InChI is InChI=1S/C20H23FN2O2/c1-14-12-23(13-15(2)25-14)19(16-6-4-3-5-7-16)20(24)22-18-10-8-17(21)9-11-18/h3-11,14-15,19H,12-13H2,1-2H3,(H,22,24)/t14-,15+,19-/m0/s1. The molecule has 2 aromatic rings. The van der Waals surface area contributed by atoms with Crippen molar-refractivity contribution < 1.29 is 13.9 Å². The summed E-state index contributed by atoms with van der Waals surface area (Å²) in [5.74, 6) is -0.451. The van der Waals surface area contributed by atoms with Gasteiger partial charge in [0.25, 0.3) is 0 Å². The SMILES string of the molecule is C[C@@H]1CN([C@H](C(=O)Nc2ccc(F)cc2)c2ccccc2)C[C@H](C)O1. The average Bonchev–Trinajstić information content (AvgIpc) is 2.57. The normalized spacial score (nSPS) is 22.4. The molecule has 1 heterocycles. The van der Waals surface area contributed by atoms with Crippen LogP contribution in [0.25, 0.3) is 0 Å². The molecule has 1 amide bonds. The second-order valence-corrected chi connectivity index (χ2v) is 6.52. The van der Waals surface area contributed by atoms with Gasteiger partial charge in [0.2, 0.25) is 5.91 Å². The molecule has 0 unspecified atom stereocenters. The summed E-state index contributed by atoms with van der Waals surface area (Å²) in [4.78, 5) is 15.2. The van der Waals surface area contributed by atoms with Crippen LogP contribution in [0.4, 0.5) is 10.1 Å². The number of halogens is 1. The van der Waals surface area contributed by atoms with Crippen LogP contribution in [0.5, 0.6) is 0 Å². The third kappa shape index (κ3) is 4.44. The van der Waals surface area contributed by atoms with E-state index >= 15 is 0 Å². The van der Waals surface area contributed by atoms with Crippen molar-refractivity contribution in [2.45, 2.75) is 32.1 Å². The zero-order valence-corrected chi connectivity index (χ0v) is 14.5. The largest absolute Gasteiger partial charge is 0.373 e. The summed E-state index contributed by atoms with van der Waals surface area (Å²) in [5, 5.41) is 2.91. The zero-order chi connectivity index (χ0) is 17.8. The van der Waals surface area contributed by atoms with Gasteiger partial charge >= 0.3 is 0 Å². The number of rotatable bonds is 4. The fourth-order valence-corrected chi connectivity index (χ4v) is 3.34.